The van der Waals surface area contributed by atoms with Crippen LogP contribution in [0, 0.1) is 13.8 Å². The van der Waals surface area contributed by atoms with Gasteiger partial charge in [-0.25, -0.2) is 9.97 Å². The molecule has 2 N–H and O–H groups in total. The lowest BCUT2D eigenvalue weighted by Crippen LogP contribution is -2.07. The van der Waals surface area contributed by atoms with Crippen LogP contribution in [-0.4, -0.2) is 17.0 Å². The fraction of sp³-hybridized carbons (Fsp3) is 0.333. The highest BCUT2D eigenvalue weighted by molar-refractivity contribution is 9.10. The van der Waals surface area contributed by atoms with Gasteiger partial charge in [-0.3, -0.25) is 0 Å². The van der Waals surface area contributed by atoms with Gasteiger partial charge in [-0.2, -0.15) is 0 Å². The summed E-state index contributed by atoms with van der Waals surface area (Å²) in [6.07, 6.45) is 0.804. The molecular formula is C15H19BrN4. The van der Waals surface area contributed by atoms with Gasteiger partial charge in [-0.05, 0) is 47.5 Å². The van der Waals surface area contributed by atoms with Gasteiger partial charge in [0, 0.05) is 23.5 Å². The molecule has 20 heavy (non-hydrogen) atoms. The molecule has 4 nitrogen and oxygen atoms in total. The zero-order valence-corrected chi connectivity index (χ0v) is 13.8. The van der Waals surface area contributed by atoms with E-state index in [1.807, 2.05) is 20.0 Å². The van der Waals surface area contributed by atoms with Crippen LogP contribution in [0.3, 0.4) is 0 Å². The van der Waals surface area contributed by atoms with Gasteiger partial charge in [0.25, 0.3) is 0 Å². The van der Waals surface area contributed by atoms with Crippen molar-refractivity contribution in [1.82, 2.24) is 9.97 Å². The van der Waals surface area contributed by atoms with E-state index in [-0.39, 0.29) is 0 Å². The second-order valence-corrected chi connectivity index (χ2v) is 5.53. The van der Waals surface area contributed by atoms with Gasteiger partial charge < -0.3 is 10.6 Å². The van der Waals surface area contributed by atoms with E-state index in [0.29, 0.717) is 0 Å². The zero-order valence-electron chi connectivity index (χ0n) is 12.2. The number of rotatable bonds is 4. The SMILES string of the molecule is CCc1nc(NC)c(C)c(Nc2ccc(C)cc2Br)n1. The molecule has 0 bridgehead atoms. The lowest BCUT2D eigenvalue weighted by Gasteiger charge is -2.14. The minimum Gasteiger partial charge on any atom is -0.373 e. The Morgan fingerprint density at radius 1 is 1.15 bits per heavy atom. The molecule has 0 aliphatic rings. The number of hydrogen-bond donors (Lipinski definition) is 2. The fourth-order valence-electron chi connectivity index (χ4n) is 1.94. The first kappa shape index (κ1) is 14.8. The fourth-order valence-corrected chi connectivity index (χ4v) is 2.53. The largest absolute Gasteiger partial charge is 0.373 e. The van der Waals surface area contributed by atoms with Crippen molar-refractivity contribution in [3.05, 3.63) is 39.6 Å². The Labute approximate surface area is 128 Å². The first-order valence-electron chi connectivity index (χ1n) is 6.63. The van der Waals surface area contributed by atoms with E-state index in [1.54, 1.807) is 0 Å². The Morgan fingerprint density at radius 2 is 1.85 bits per heavy atom. The monoisotopic (exact) mass is 334 g/mol. The first-order chi connectivity index (χ1) is 9.55. The maximum absolute atomic E-state index is 4.58. The molecule has 0 radical (unpaired) electrons. The summed E-state index contributed by atoms with van der Waals surface area (Å²) >= 11 is 3.58. The molecule has 0 unspecified atom stereocenters. The number of benzene rings is 1. The van der Waals surface area contributed by atoms with Crippen LogP contribution >= 0.6 is 15.9 Å². The highest BCUT2D eigenvalue weighted by atomic mass is 79.9. The van der Waals surface area contributed by atoms with Crippen molar-refractivity contribution in [2.24, 2.45) is 0 Å². The Kier molecular flexibility index (Phi) is 4.60. The highest BCUT2D eigenvalue weighted by Crippen LogP contribution is 2.29. The second-order valence-electron chi connectivity index (χ2n) is 4.67. The van der Waals surface area contributed by atoms with Gasteiger partial charge in [0.2, 0.25) is 0 Å². The van der Waals surface area contributed by atoms with Gasteiger partial charge in [0.05, 0.1) is 5.69 Å². The maximum Gasteiger partial charge on any atom is 0.139 e. The average molecular weight is 335 g/mol. The van der Waals surface area contributed by atoms with Gasteiger partial charge in [-0.15, -0.1) is 0 Å². The Bertz CT molecular complexity index is 626. The van der Waals surface area contributed by atoms with E-state index in [2.05, 4.69) is 62.5 Å². The molecule has 0 saturated heterocycles. The summed E-state index contributed by atoms with van der Waals surface area (Å²) in [5.41, 5.74) is 3.23. The lowest BCUT2D eigenvalue weighted by atomic mass is 10.2. The smallest absolute Gasteiger partial charge is 0.139 e. The number of nitrogens with zero attached hydrogens (tertiary/aromatic N) is 2. The van der Waals surface area contributed by atoms with E-state index < -0.39 is 0 Å². The van der Waals surface area contributed by atoms with Gasteiger partial charge >= 0.3 is 0 Å². The quantitative estimate of drug-likeness (QED) is 0.879. The number of anilines is 3. The predicted octanol–water partition coefficient (Wildman–Crippen LogP) is 4.20. The number of hydrogen-bond acceptors (Lipinski definition) is 4. The molecule has 1 aromatic heterocycles. The van der Waals surface area contributed by atoms with Crippen molar-refractivity contribution < 1.29 is 0 Å². The van der Waals surface area contributed by atoms with Crippen LogP contribution in [-0.2, 0) is 6.42 Å². The summed E-state index contributed by atoms with van der Waals surface area (Å²) in [6.45, 7) is 6.13. The van der Waals surface area contributed by atoms with E-state index in [0.717, 1.165) is 39.6 Å². The van der Waals surface area contributed by atoms with Crippen LogP contribution in [0.25, 0.3) is 0 Å². The summed E-state index contributed by atoms with van der Waals surface area (Å²) in [6, 6.07) is 6.20. The summed E-state index contributed by atoms with van der Waals surface area (Å²) in [4.78, 5) is 9.05. The third-order valence-electron chi connectivity index (χ3n) is 3.12. The van der Waals surface area contributed by atoms with Gasteiger partial charge in [0.15, 0.2) is 0 Å². The third kappa shape index (κ3) is 3.10. The molecule has 1 heterocycles. The Hall–Kier alpha value is -1.62. The van der Waals surface area contributed by atoms with Crippen LogP contribution < -0.4 is 10.6 Å². The van der Waals surface area contributed by atoms with Crippen molar-refractivity contribution in [3.63, 3.8) is 0 Å². The summed E-state index contributed by atoms with van der Waals surface area (Å²) in [5.74, 6) is 2.53. The Morgan fingerprint density at radius 3 is 2.45 bits per heavy atom. The first-order valence-corrected chi connectivity index (χ1v) is 7.43. The molecule has 1 aromatic carbocycles. The van der Waals surface area contributed by atoms with E-state index in [1.165, 1.54) is 5.56 Å². The number of aryl methyl sites for hydroxylation is 2. The van der Waals surface area contributed by atoms with Crippen LogP contribution in [0.5, 0.6) is 0 Å². The zero-order chi connectivity index (χ0) is 14.7. The number of halogens is 1. The lowest BCUT2D eigenvalue weighted by molar-refractivity contribution is 0.935. The molecule has 0 fully saturated rings. The van der Waals surface area contributed by atoms with Crippen molar-refractivity contribution in [1.29, 1.82) is 0 Å². The number of nitrogens with one attached hydrogen (secondary N) is 2. The second kappa shape index (κ2) is 6.22. The molecule has 5 heteroatoms. The van der Waals surface area contributed by atoms with Crippen LogP contribution in [0.4, 0.5) is 17.3 Å². The molecular weight excluding hydrogens is 316 g/mol. The molecule has 0 spiro atoms. The molecule has 2 aromatic rings. The summed E-state index contributed by atoms with van der Waals surface area (Å²) in [5, 5.41) is 6.50. The molecule has 0 aliphatic heterocycles. The molecule has 2 rings (SSSR count). The number of aromatic nitrogens is 2. The topological polar surface area (TPSA) is 49.8 Å². The normalized spacial score (nSPS) is 10.4. The van der Waals surface area contributed by atoms with Crippen LogP contribution in [0.15, 0.2) is 22.7 Å². The highest BCUT2D eigenvalue weighted by Gasteiger charge is 2.10. The maximum atomic E-state index is 4.58. The molecule has 0 atom stereocenters. The minimum absolute atomic E-state index is 0.804. The van der Waals surface area contributed by atoms with Crippen molar-refractivity contribution in [3.8, 4) is 0 Å². The minimum atomic E-state index is 0.804. The van der Waals surface area contributed by atoms with Crippen LogP contribution in [0.1, 0.15) is 23.9 Å². The van der Waals surface area contributed by atoms with Crippen molar-refractivity contribution in [2.75, 3.05) is 17.7 Å². The van der Waals surface area contributed by atoms with E-state index >= 15 is 0 Å². The predicted molar refractivity (Wildman–Crippen MR) is 87.9 cm³/mol. The van der Waals surface area contributed by atoms with Crippen molar-refractivity contribution >= 4 is 33.3 Å². The summed E-state index contributed by atoms with van der Waals surface area (Å²) in [7, 11) is 1.88. The summed E-state index contributed by atoms with van der Waals surface area (Å²) < 4.78 is 1.03. The molecule has 0 aliphatic carbocycles. The van der Waals surface area contributed by atoms with Crippen LogP contribution in [0.2, 0.25) is 0 Å². The average Bonchev–Trinajstić information content (AvgIpc) is 2.43. The third-order valence-corrected chi connectivity index (χ3v) is 3.78. The van der Waals surface area contributed by atoms with Gasteiger partial charge in [0.1, 0.15) is 17.5 Å². The standard InChI is InChI=1S/C15H19BrN4/c1-5-13-19-14(17-4)10(3)15(20-13)18-12-7-6-9(2)8-11(12)16/h6-8H,5H2,1-4H3,(H2,17,18,19,20). The Balaban J connectivity index is 2.42. The molecule has 106 valence electrons. The van der Waals surface area contributed by atoms with Gasteiger partial charge in [-0.1, -0.05) is 13.0 Å². The van der Waals surface area contributed by atoms with E-state index in [4.69, 9.17) is 0 Å². The molecule has 0 saturated carbocycles. The van der Waals surface area contributed by atoms with Crippen molar-refractivity contribution in [2.45, 2.75) is 27.2 Å². The molecule has 0 amide bonds. The van der Waals surface area contributed by atoms with E-state index in [9.17, 15) is 0 Å².